The first kappa shape index (κ1) is 18.4. The summed E-state index contributed by atoms with van der Waals surface area (Å²) >= 11 is 0. The van der Waals surface area contributed by atoms with E-state index >= 15 is 0 Å². The number of amidine groups is 1. The molecule has 1 aliphatic heterocycles. The smallest absolute Gasteiger partial charge is 0.182 e. The van der Waals surface area contributed by atoms with Crippen LogP contribution in [0.15, 0.2) is 41.4 Å². The molecule has 3 heteroatoms. The lowest BCUT2D eigenvalue weighted by molar-refractivity contribution is 0.100. The minimum absolute atomic E-state index is 0.151. The Balaban J connectivity index is 1.98. The van der Waals surface area contributed by atoms with Gasteiger partial charge in [-0.1, -0.05) is 42.0 Å². The molecule has 0 fully saturated rings. The Morgan fingerprint density at radius 1 is 1.00 bits per heavy atom. The number of carbonyl (C=O) groups excluding carboxylic acids is 1. The number of Topliss-reactive ketones (excluding diaryl/α,β-unsaturated/α-hetero) is 1. The van der Waals surface area contributed by atoms with E-state index in [-0.39, 0.29) is 5.78 Å². The second-order valence-electron chi connectivity index (χ2n) is 7.32. The highest BCUT2D eigenvalue weighted by Crippen LogP contribution is 2.27. The molecule has 2 aromatic carbocycles. The summed E-state index contributed by atoms with van der Waals surface area (Å²) in [5.41, 5.74) is 6.54. The Kier molecular flexibility index (Phi) is 5.55. The molecule has 3 rings (SSSR count). The third-order valence-corrected chi connectivity index (χ3v) is 5.11. The van der Waals surface area contributed by atoms with E-state index in [4.69, 9.17) is 4.99 Å². The van der Waals surface area contributed by atoms with Gasteiger partial charge in [-0.25, -0.2) is 0 Å². The minimum Gasteiger partial charge on any atom is -0.322 e. The van der Waals surface area contributed by atoms with Gasteiger partial charge < -0.3 is 4.90 Å². The van der Waals surface area contributed by atoms with Crippen LogP contribution in [-0.4, -0.2) is 24.7 Å². The number of hydrogen-bond acceptors (Lipinski definition) is 3. The summed E-state index contributed by atoms with van der Waals surface area (Å²) in [7, 11) is 0. The number of para-hydroxylation sites is 1. The van der Waals surface area contributed by atoms with E-state index in [9.17, 15) is 4.79 Å². The Hall–Kier alpha value is -2.42. The van der Waals surface area contributed by atoms with Gasteiger partial charge in [0.05, 0.1) is 6.54 Å². The van der Waals surface area contributed by atoms with Crippen molar-refractivity contribution < 1.29 is 4.79 Å². The second kappa shape index (κ2) is 7.86. The Labute approximate surface area is 156 Å². The molecule has 1 aliphatic rings. The SMILES string of the molecule is Cc1ccc(C(=O)CN(C2=NCCCC2)c2c(C)cccc2C)c(C)c1. The topological polar surface area (TPSA) is 32.7 Å². The van der Waals surface area contributed by atoms with E-state index in [0.717, 1.165) is 48.5 Å². The number of ketones is 1. The summed E-state index contributed by atoms with van der Waals surface area (Å²) in [6.07, 6.45) is 3.21. The highest BCUT2D eigenvalue weighted by molar-refractivity contribution is 6.08. The van der Waals surface area contributed by atoms with Gasteiger partial charge >= 0.3 is 0 Å². The van der Waals surface area contributed by atoms with E-state index in [2.05, 4.69) is 49.9 Å². The zero-order valence-corrected chi connectivity index (χ0v) is 16.3. The predicted octanol–water partition coefficient (Wildman–Crippen LogP) is 5.19. The molecule has 0 atom stereocenters. The van der Waals surface area contributed by atoms with Crippen molar-refractivity contribution in [2.45, 2.75) is 47.0 Å². The van der Waals surface area contributed by atoms with E-state index in [1.807, 2.05) is 19.1 Å². The average molecular weight is 348 g/mol. The molecule has 3 nitrogen and oxygen atoms in total. The summed E-state index contributed by atoms with van der Waals surface area (Å²) in [6, 6.07) is 12.3. The first-order chi connectivity index (χ1) is 12.5. The molecule has 0 aliphatic carbocycles. The fourth-order valence-corrected chi connectivity index (χ4v) is 3.79. The second-order valence-corrected chi connectivity index (χ2v) is 7.32. The standard InChI is InChI=1S/C23H28N2O/c1-16-11-12-20(19(4)14-16)21(26)15-25(22-10-5-6-13-24-22)23-17(2)8-7-9-18(23)3/h7-9,11-12,14H,5-6,10,13,15H2,1-4H3. The monoisotopic (exact) mass is 348 g/mol. The number of aryl methyl sites for hydroxylation is 4. The van der Waals surface area contributed by atoms with E-state index in [0.29, 0.717) is 6.54 Å². The van der Waals surface area contributed by atoms with Crippen LogP contribution in [0.4, 0.5) is 5.69 Å². The zero-order chi connectivity index (χ0) is 18.7. The summed E-state index contributed by atoms with van der Waals surface area (Å²) < 4.78 is 0. The maximum Gasteiger partial charge on any atom is 0.182 e. The number of anilines is 1. The molecule has 0 bridgehead atoms. The summed E-state index contributed by atoms with van der Waals surface area (Å²) in [6.45, 7) is 9.49. The van der Waals surface area contributed by atoms with Crippen molar-refractivity contribution in [3.8, 4) is 0 Å². The number of benzene rings is 2. The van der Waals surface area contributed by atoms with Crippen molar-refractivity contribution in [1.29, 1.82) is 0 Å². The molecular weight excluding hydrogens is 320 g/mol. The lowest BCUT2D eigenvalue weighted by atomic mass is 10.0. The predicted molar refractivity (Wildman–Crippen MR) is 110 cm³/mol. The molecule has 0 radical (unpaired) electrons. The fraction of sp³-hybridized carbons (Fsp3) is 0.391. The zero-order valence-electron chi connectivity index (χ0n) is 16.3. The highest BCUT2D eigenvalue weighted by Gasteiger charge is 2.23. The van der Waals surface area contributed by atoms with Gasteiger partial charge in [-0.2, -0.15) is 0 Å². The van der Waals surface area contributed by atoms with Crippen LogP contribution in [0.25, 0.3) is 0 Å². The Bertz CT molecular complexity index is 831. The van der Waals surface area contributed by atoms with Crippen LogP contribution < -0.4 is 4.90 Å². The van der Waals surface area contributed by atoms with Crippen molar-refractivity contribution in [3.05, 3.63) is 64.2 Å². The van der Waals surface area contributed by atoms with E-state index in [1.165, 1.54) is 16.7 Å². The molecule has 0 amide bonds. The fourth-order valence-electron chi connectivity index (χ4n) is 3.79. The van der Waals surface area contributed by atoms with Crippen LogP contribution in [0.1, 0.15) is 51.9 Å². The van der Waals surface area contributed by atoms with Gasteiger partial charge in [0.15, 0.2) is 5.78 Å². The molecule has 0 N–H and O–H groups in total. The van der Waals surface area contributed by atoms with Crippen LogP contribution >= 0.6 is 0 Å². The third-order valence-electron chi connectivity index (χ3n) is 5.11. The van der Waals surface area contributed by atoms with Crippen LogP contribution in [0.3, 0.4) is 0 Å². The molecule has 136 valence electrons. The van der Waals surface area contributed by atoms with Crippen LogP contribution in [0, 0.1) is 27.7 Å². The summed E-state index contributed by atoms with van der Waals surface area (Å²) in [5.74, 6) is 1.20. The number of nitrogens with zero attached hydrogens (tertiary/aromatic N) is 2. The molecule has 26 heavy (non-hydrogen) atoms. The van der Waals surface area contributed by atoms with Crippen molar-refractivity contribution in [3.63, 3.8) is 0 Å². The highest BCUT2D eigenvalue weighted by atomic mass is 16.1. The molecule has 0 unspecified atom stereocenters. The van der Waals surface area contributed by atoms with Crippen molar-refractivity contribution in [1.82, 2.24) is 0 Å². The summed E-state index contributed by atoms with van der Waals surface area (Å²) in [5, 5.41) is 0. The van der Waals surface area contributed by atoms with Gasteiger partial charge in [-0.3, -0.25) is 9.79 Å². The van der Waals surface area contributed by atoms with Crippen LogP contribution in [-0.2, 0) is 0 Å². The molecule has 0 saturated heterocycles. The molecule has 0 spiro atoms. The number of rotatable bonds is 4. The Morgan fingerprint density at radius 2 is 1.73 bits per heavy atom. The normalized spacial score (nSPS) is 14.1. The maximum atomic E-state index is 13.1. The lowest BCUT2D eigenvalue weighted by Gasteiger charge is -2.30. The average Bonchev–Trinajstić information content (AvgIpc) is 2.61. The Morgan fingerprint density at radius 3 is 2.35 bits per heavy atom. The van der Waals surface area contributed by atoms with Crippen LogP contribution in [0.2, 0.25) is 0 Å². The molecule has 2 aromatic rings. The largest absolute Gasteiger partial charge is 0.322 e. The molecule has 0 aromatic heterocycles. The van der Waals surface area contributed by atoms with Crippen LogP contribution in [0.5, 0.6) is 0 Å². The maximum absolute atomic E-state index is 13.1. The van der Waals surface area contributed by atoms with Crippen molar-refractivity contribution in [2.24, 2.45) is 4.99 Å². The number of carbonyl (C=O) groups is 1. The molecular formula is C23H28N2O. The lowest BCUT2D eigenvalue weighted by Crippen LogP contribution is -2.38. The number of aliphatic imine (C=N–C) groups is 1. The van der Waals surface area contributed by atoms with E-state index in [1.54, 1.807) is 0 Å². The minimum atomic E-state index is 0.151. The molecule has 0 saturated carbocycles. The van der Waals surface area contributed by atoms with Gasteiger partial charge in [0.25, 0.3) is 0 Å². The van der Waals surface area contributed by atoms with Gasteiger partial charge in [-0.05, 0) is 57.2 Å². The van der Waals surface area contributed by atoms with Crippen molar-refractivity contribution in [2.75, 3.05) is 18.0 Å². The molecule has 1 heterocycles. The van der Waals surface area contributed by atoms with Crippen molar-refractivity contribution >= 4 is 17.3 Å². The number of hydrogen-bond donors (Lipinski definition) is 0. The van der Waals surface area contributed by atoms with Gasteiger partial charge in [0.1, 0.15) is 5.84 Å². The van der Waals surface area contributed by atoms with E-state index < -0.39 is 0 Å². The van der Waals surface area contributed by atoms with Gasteiger partial charge in [0, 0.05) is 24.2 Å². The first-order valence-electron chi connectivity index (χ1n) is 9.45. The quantitative estimate of drug-likeness (QED) is 0.712. The van der Waals surface area contributed by atoms with Gasteiger partial charge in [-0.15, -0.1) is 0 Å². The first-order valence-corrected chi connectivity index (χ1v) is 9.45. The third kappa shape index (κ3) is 3.87. The summed E-state index contributed by atoms with van der Waals surface area (Å²) in [4.78, 5) is 20.0. The van der Waals surface area contributed by atoms with Gasteiger partial charge in [0.2, 0.25) is 0 Å².